The van der Waals surface area contributed by atoms with Crippen molar-refractivity contribution in [1.82, 2.24) is 5.32 Å². The summed E-state index contributed by atoms with van der Waals surface area (Å²) in [5, 5.41) is 2.69. The lowest BCUT2D eigenvalue weighted by atomic mass is 9.99. The van der Waals surface area contributed by atoms with Gasteiger partial charge >= 0.3 is 0 Å². The Balaban J connectivity index is 3.34. The van der Waals surface area contributed by atoms with E-state index in [0.29, 0.717) is 52.6 Å². The van der Waals surface area contributed by atoms with Crippen LogP contribution in [0.3, 0.4) is 0 Å². The number of rotatable bonds is 21. The molecule has 0 bridgehead atoms. The van der Waals surface area contributed by atoms with Crippen LogP contribution in [0.25, 0.3) is 0 Å². The molecular weight excluding hydrogens is 378 g/mol. The molecule has 8 nitrogen and oxygen atoms in total. The predicted molar refractivity (Wildman–Crippen MR) is 110 cm³/mol. The summed E-state index contributed by atoms with van der Waals surface area (Å²) < 4.78 is 20.9. The van der Waals surface area contributed by atoms with Crippen LogP contribution in [0.15, 0.2) is 0 Å². The highest BCUT2D eigenvalue weighted by Crippen LogP contribution is 2.11. The van der Waals surface area contributed by atoms with Gasteiger partial charge in [-0.25, -0.2) is 0 Å². The molecule has 0 aromatic carbocycles. The number of ether oxygens (including phenoxy) is 4. The highest BCUT2D eigenvalue weighted by molar-refractivity contribution is 5.79. The number of Topliss-reactive ketones (excluding diaryl/α,β-unsaturated/α-hetero) is 2. The Kier molecular flexibility index (Phi) is 19.0. The first-order valence-corrected chi connectivity index (χ1v) is 10.6. The molecule has 0 aromatic rings. The molecule has 0 unspecified atom stereocenters. The molecule has 170 valence electrons. The average molecular weight is 418 g/mol. The highest BCUT2D eigenvalue weighted by Gasteiger charge is 2.07. The van der Waals surface area contributed by atoms with Gasteiger partial charge in [0.1, 0.15) is 19.0 Å². The van der Waals surface area contributed by atoms with Crippen molar-refractivity contribution in [3.63, 3.8) is 0 Å². The summed E-state index contributed by atoms with van der Waals surface area (Å²) in [5.74, 6) is 0.228. The van der Waals surface area contributed by atoms with E-state index in [-0.39, 0.29) is 36.6 Å². The first kappa shape index (κ1) is 27.6. The van der Waals surface area contributed by atoms with Crippen LogP contribution in [-0.4, -0.2) is 76.9 Å². The topological polar surface area (TPSA) is 100 Å². The molecule has 0 aliphatic rings. The third-order valence-electron chi connectivity index (χ3n) is 4.30. The lowest BCUT2D eigenvalue weighted by molar-refractivity contribution is -0.127. The molecule has 29 heavy (non-hydrogen) atoms. The monoisotopic (exact) mass is 417 g/mol. The van der Waals surface area contributed by atoms with E-state index in [2.05, 4.69) is 5.32 Å². The molecule has 0 spiro atoms. The molecule has 0 fully saturated rings. The third kappa shape index (κ3) is 19.7. The molecule has 0 aliphatic heterocycles. The Hall–Kier alpha value is -1.35. The molecule has 1 amide bonds. The molecule has 1 N–H and O–H groups in total. The highest BCUT2D eigenvalue weighted by atomic mass is 16.5. The fraction of sp³-hybridized carbons (Fsp3) is 0.857. The van der Waals surface area contributed by atoms with Crippen molar-refractivity contribution >= 4 is 17.5 Å². The average Bonchev–Trinajstić information content (AvgIpc) is 2.69. The van der Waals surface area contributed by atoms with E-state index >= 15 is 0 Å². The summed E-state index contributed by atoms with van der Waals surface area (Å²) in [6.07, 6.45) is 4.15. The normalized spacial score (nSPS) is 12.0. The van der Waals surface area contributed by atoms with Gasteiger partial charge in [-0.3, -0.25) is 14.4 Å². The number of carbonyl (C=O) groups is 3. The third-order valence-corrected chi connectivity index (χ3v) is 4.30. The molecule has 1 atom stereocenters. The number of carbonyl (C=O) groups excluding carboxylic acids is 3. The van der Waals surface area contributed by atoms with E-state index in [1.54, 1.807) is 6.92 Å². The van der Waals surface area contributed by atoms with Crippen LogP contribution in [-0.2, 0) is 33.3 Å². The van der Waals surface area contributed by atoms with Gasteiger partial charge in [0.05, 0.1) is 33.0 Å². The summed E-state index contributed by atoms with van der Waals surface area (Å²) in [6.45, 7) is 8.57. The molecule has 0 heterocycles. The van der Waals surface area contributed by atoms with Crippen LogP contribution in [0.2, 0.25) is 0 Å². The molecule has 8 heteroatoms. The molecule has 0 saturated carbocycles. The Labute approximate surface area is 175 Å². The number of ketones is 2. The van der Waals surface area contributed by atoms with E-state index in [0.717, 1.165) is 25.7 Å². The number of hydrogen-bond donors (Lipinski definition) is 1. The summed E-state index contributed by atoms with van der Waals surface area (Å²) in [6, 6.07) is 0. The summed E-state index contributed by atoms with van der Waals surface area (Å²) >= 11 is 0. The number of unbranched alkanes of at least 4 members (excludes halogenated alkanes) is 2. The van der Waals surface area contributed by atoms with Crippen LogP contribution in [0.4, 0.5) is 0 Å². The Bertz CT molecular complexity index is 443. The predicted octanol–water partition coefficient (Wildman–Crippen LogP) is 1.93. The van der Waals surface area contributed by atoms with E-state index in [1.807, 2.05) is 13.8 Å². The SMILES string of the molecule is CCOCCOCC(=O)NCCOCCOCC(=O)CCCCC[C@H](C)C(C)=O. The molecule has 0 aromatic heterocycles. The zero-order chi connectivity index (χ0) is 21.7. The molecule has 0 saturated heterocycles. The van der Waals surface area contributed by atoms with Crippen molar-refractivity contribution in [2.24, 2.45) is 5.92 Å². The Morgan fingerprint density at radius 2 is 1.48 bits per heavy atom. The fourth-order valence-electron chi connectivity index (χ4n) is 2.37. The molecular formula is C21H39NO7. The van der Waals surface area contributed by atoms with Gasteiger partial charge in [0.15, 0.2) is 5.78 Å². The lowest BCUT2D eigenvalue weighted by Crippen LogP contribution is -2.31. The van der Waals surface area contributed by atoms with E-state index in [9.17, 15) is 14.4 Å². The second-order valence-electron chi connectivity index (χ2n) is 6.91. The van der Waals surface area contributed by atoms with Crippen molar-refractivity contribution in [3.8, 4) is 0 Å². The summed E-state index contributed by atoms with van der Waals surface area (Å²) in [5.41, 5.74) is 0. The van der Waals surface area contributed by atoms with Gasteiger partial charge in [0, 0.05) is 25.5 Å². The largest absolute Gasteiger partial charge is 0.379 e. The van der Waals surface area contributed by atoms with Gasteiger partial charge in [0.25, 0.3) is 0 Å². The van der Waals surface area contributed by atoms with Gasteiger partial charge < -0.3 is 24.3 Å². The zero-order valence-electron chi connectivity index (χ0n) is 18.3. The van der Waals surface area contributed by atoms with E-state index < -0.39 is 0 Å². The van der Waals surface area contributed by atoms with Crippen molar-refractivity contribution < 1.29 is 33.3 Å². The van der Waals surface area contributed by atoms with Crippen LogP contribution in [0.1, 0.15) is 52.9 Å². The number of nitrogens with one attached hydrogen (secondary N) is 1. The minimum Gasteiger partial charge on any atom is -0.379 e. The van der Waals surface area contributed by atoms with Crippen molar-refractivity contribution in [2.45, 2.75) is 52.9 Å². The first-order chi connectivity index (χ1) is 14.0. The molecule has 0 rings (SSSR count). The first-order valence-electron chi connectivity index (χ1n) is 10.6. The van der Waals surface area contributed by atoms with Gasteiger partial charge in [-0.1, -0.05) is 19.8 Å². The maximum Gasteiger partial charge on any atom is 0.246 e. The second kappa shape index (κ2) is 19.9. The Morgan fingerprint density at radius 3 is 2.17 bits per heavy atom. The van der Waals surface area contributed by atoms with Crippen LogP contribution >= 0.6 is 0 Å². The van der Waals surface area contributed by atoms with Gasteiger partial charge in [-0.2, -0.15) is 0 Å². The summed E-state index contributed by atoms with van der Waals surface area (Å²) in [4.78, 5) is 34.3. The van der Waals surface area contributed by atoms with Crippen molar-refractivity contribution in [1.29, 1.82) is 0 Å². The minimum absolute atomic E-state index is 0.00799. The molecule has 0 aliphatic carbocycles. The van der Waals surface area contributed by atoms with Gasteiger partial charge in [-0.05, 0) is 26.7 Å². The maximum atomic E-state index is 11.7. The smallest absolute Gasteiger partial charge is 0.246 e. The fourth-order valence-corrected chi connectivity index (χ4v) is 2.37. The minimum atomic E-state index is -0.192. The van der Waals surface area contributed by atoms with E-state index in [1.165, 1.54) is 0 Å². The quantitative estimate of drug-likeness (QED) is 0.285. The van der Waals surface area contributed by atoms with Crippen molar-refractivity contribution in [2.75, 3.05) is 59.4 Å². The lowest BCUT2D eigenvalue weighted by Gasteiger charge is -2.08. The van der Waals surface area contributed by atoms with Crippen molar-refractivity contribution in [3.05, 3.63) is 0 Å². The van der Waals surface area contributed by atoms with Crippen LogP contribution in [0.5, 0.6) is 0 Å². The maximum absolute atomic E-state index is 11.7. The molecule has 0 radical (unpaired) electrons. The summed E-state index contributed by atoms with van der Waals surface area (Å²) in [7, 11) is 0. The van der Waals surface area contributed by atoms with Crippen LogP contribution in [0, 0.1) is 5.92 Å². The Morgan fingerprint density at radius 1 is 0.828 bits per heavy atom. The zero-order valence-corrected chi connectivity index (χ0v) is 18.3. The number of amides is 1. The van der Waals surface area contributed by atoms with Gasteiger partial charge in [0.2, 0.25) is 5.91 Å². The van der Waals surface area contributed by atoms with Crippen LogP contribution < -0.4 is 5.32 Å². The standard InChI is InChI=1S/C21H39NO7/c1-4-26-12-14-29-17-21(25)22-10-11-27-13-15-28-16-20(24)9-7-5-6-8-18(2)19(3)23/h18H,4-17H2,1-3H3,(H,22,25)/t18-/m0/s1. The van der Waals surface area contributed by atoms with Gasteiger partial charge in [-0.15, -0.1) is 0 Å². The number of hydrogen-bond acceptors (Lipinski definition) is 7. The van der Waals surface area contributed by atoms with E-state index in [4.69, 9.17) is 18.9 Å². The second-order valence-corrected chi connectivity index (χ2v) is 6.91.